The van der Waals surface area contributed by atoms with E-state index in [2.05, 4.69) is 25.5 Å². The number of pyridine rings is 1. The van der Waals surface area contributed by atoms with Crippen LogP contribution < -0.4 is 11.1 Å². The molecule has 0 unspecified atom stereocenters. The number of ether oxygens (including phenoxy) is 1. The van der Waals surface area contributed by atoms with E-state index in [1.54, 1.807) is 0 Å². The lowest BCUT2D eigenvalue weighted by atomic mass is 10.0. The van der Waals surface area contributed by atoms with Crippen LogP contribution in [-0.4, -0.2) is 34.1 Å². The molecule has 0 radical (unpaired) electrons. The lowest BCUT2D eigenvalue weighted by Gasteiger charge is -2.15. The summed E-state index contributed by atoms with van der Waals surface area (Å²) in [5, 5.41) is 9.05. The van der Waals surface area contributed by atoms with Crippen molar-refractivity contribution < 1.29 is 13.9 Å². The molecule has 0 saturated heterocycles. The molecule has 0 bridgehead atoms. The molecule has 1 amide bonds. The first kappa shape index (κ1) is 18.6. The number of nitrogens with one attached hydrogen (secondary N) is 2. The molecule has 148 valence electrons. The molecule has 2 N–H and O–H groups in total. The Labute approximate surface area is 165 Å². The number of hydrogen-bond acceptors (Lipinski definition) is 7. The van der Waals surface area contributed by atoms with Crippen LogP contribution in [0.5, 0.6) is 0 Å². The number of benzene rings is 1. The van der Waals surface area contributed by atoms with E-state index in [0.717, 1.165) is 11.1 Å². The van der Waals surface area contributed by atoms with Crippen LogP contribution in [0, 0.1) is 0 Å². The van der Waals surface area contributed by atoms with Crippen molar-refractivity contribution in [1.29, 1.82) is 0 Å². The van der Waals surface area contributed by atoms with Crippen LogP contribution in [0.4, 0.5) is 0 Å². The molecule has 9 heteroatoms. The minimum Gasteiger partial charge on any atom is -0.481 e. The number of aromatic nitrogens is 3. The van der Waals surface area contributed by atoms with Crippen molar-refractivity contribution in [3.63, 3.8) is 0 Å². The zero-order chi connectivity index (χ0) is 20.4. The molecule has 0 fully saturated rings. The highest BCUT2D eigenvalue weighted by Gasteiger charge is 2.27. The largest absolute Gasteiger partial charge is 0.481 e. The van der Waals surface area contributed by atoms with Gasteiger partial charge >= 0.3 is 5.76 Å². The minimum atomic E-state index is -0.690. The Balaban J connectivity index is 1.60. The molecular formula is C20H19N5O4. The molecule has 3 aromatic rings. The fourth-order valence-electron chi connectivity index (χ4n) is 3.28. The number of amides is 1. The van der Waals surface area contributed by atoms with Crippen LogP contribution >= 0.6 is 0 Å². The summed E-state index contributed by atoms with van der Waals surface area (Å²) >= 11 is 0. The predicted molar refractivity (Wildman–Crippen MR) is 104 cm³/mol. The topological polar surface area (TPSA) is 122 Å². The van der Waals surface area contributed by atoms with Crippen LogP contribution in [0.3, 0.4) is 0 Å². The van der Waals surface area contributed by atoms with Gasteiger partial charge in [-0.2, -0.15) is 0 Å². The number of hydrogen-bond donors (Lipinski definition) is 2. The lowest BCUT2D eigenvalue weighted by molar-refractivity contribution is -0.121. The third-order valence-corrected chi connectivity index (χ3v) is 4.61. The molecule has 0 spiro atoms. The number of methoxy groups -OCH3 is 1. The molecule has 4 rings (SSSR count). The molecule has 1 atom stereocenters. The van der Waals surface area contributed by atoms with Gasteiger partial charge in [-0.25, -0.2) is 19.9 Å². The summed E-state index contributed by atoms with van der Waals surface area (Å²) < 4.78 is 10.4. The van der Waals surface area contributed by atoms with Crippen molar-refractivity contribution in [2.24, 2.45) is 4.99 Å². The quantitative estimate of drug-likeness (QED) is 0.681. The van der Waals surface area contributed by atoms with Crippen LogP contribution in [0.15, 0.2) is 50.6 Å². The van der Waals surface area contributed by atoms with E-state index in [4.69, 9.17) is 9.15 Å². The van der Waals surface area contributed by atoms with Gasteiger partial charge in [-0.15, -0.1) is 5.10 Å². The van der Waals surface area contributed by atoms with Crippen LogP contribution in [0.25, 0.3) is 11.6 Å². The first-order chi connectivity index (χ1) is 14.0. The third kappa shape index (κ3) is 3.79. The summed E-state index contributed by atoms with van der Waals surface area (Å²) in [6.45, 7) is 2.31. The average Bonchev–Trinajstić information content (AvgIpc) is 3.34. The van der Waals surface area contributed by atoms with E-state index in [9.17, 15) is 9.59 Å². The molecule has 29 heavy (non-hydrogen) atoms. The summed E-state index contributed by atoms with van der Waals surface area (Å²) in [6.07, 6.45) is 0.0639. The smallest absolute Gasteiger partial charge is 0.434 e. The highest BCUT2D eigenvalue weighted by molar-refractivity contribution is 6.02. The van der Waals surface area contributed by atoms with Crippen LogP contribution in [-0.2, 0) is 22.5 Å². The summed E-state index contributed by atoms with van der Waals surface area (Å²) in [7, 11) is 1.50. The maximum atomic E-state index is 12.6. The second-order valence-electron chi connectivity index (χ2n) is 6.62. The van der Waals surface area contributed by atoms with Crippen LogP contribution in [0.1, 0.15) is 35.3 Å². The van der Waals surface area contributed by atoms with E-state index in [1.807, 2.05) is 43.3 Å². The van der Waals surface area contributed by atoms with Crippen molar-refractivity contribution in [3.8, 4) is 11.6 Å². The Bertz CT molecular complexity index is 1130. The lowest BCUT2D eigenvalue weighted by Crippen LogP contribution is -2.28. The molecule has 0 aliphatic carbocycles. The first-order valence-corrected chi connectivity index (χ1v) is 9.07. The van der Waals surface area contributed by atoms with Crippen molar-refractivity contribution >= 4 is 11.8 Å². The third-order valence-electron chi connectivity index (χ3n) is 4.61. The second kappa shape index (κ2) is 7.70. The highest BCUT2D eigenvalue weighted by Crippen LogP contribution is 2.29. The van der Waals surface area contributed by atoms with Gasteiger partial charge < -0.3 is 14.5 Å². The van der Waals surface area contributed by atoms with E-state index in [-0.39, 0.29) is 24.3 Å². The molecule has 1 aromatic carbocycles. The van der Waals surface area contributed by atoms with Gasteiger partial charge in [-0.1, -0.05) is 30.3 Å². The predicted octanol–water partition coefficient (Wildman–Crippen LogP) is 1.75. The van der Waals surface area contributed by atoms with E-state index in [1.165, 1.54) is 7.11 Å². The summed E-state index contributed by atoms with van der Waals surface area (Å²) in [6, 6.07) is 11.4. The number of aromatic amines is 1. The maximum absolute atomic E-state index is 12.6. The van der Waals surface area contributed by atoms with Gasteiger partial charge in [0.1, 0.15) is 5.69 Å². The molecular weight excluding hydrogens is 374 g/mol. The van der Waals surface area contributed by atoms with E-state index < -0.39 is 5.76 Å². The van der Waals surface area contributed by atoms with Gasteiger partial charge in [-0.05, 0) is 24.1 Å². The van der Waals surface area contributed by atoms with E-state index in [0.29, 0.717) is 29.4 Å². The average molecular weight is 393 g/mol. The standard InChI is InChI=1S/C20H19N5O4/c1-11(12-6-4-3-5-7-12)22-15(26)9-14-8-13-10-21-18(28-2)16(13)17(23-14)19-24-25-20(27)29-19/h3-8,11H,9-10H2,1-2H3,(H,22,26)(H,25,27)/t11-/m1/s1. The summed E-state index contributed by atoms with van der Waals surface area (Å²) in [4.78, 5) is 32.8. The molecule has 0 saturated carbocycles. The normalized spacial score (nSPS) is 13.5. The fraction of sp³-hybridized carbons (Fsp3) is 0.250. The number of aliphatic imine (C=N–C) groups is 1. The zero-order valence-corrected chi connectivity index (χ0v) is 15.9. The maximum Gasteiger partial charge on any atom is 0.434 e. The Hall–Kier alpha value is -3.75. The number of nitrogens with zero attached hydrogens (tertiary/aromatic N) is 3. The number of carbonyl (C=O) groups excluding carboxylic acids is 1. The monoisotopic (exact) mass is 393 g/mol. The Morgan fingerprint density at radius 2 is 2.14 bits per heavy atom. The Morgan fingerprint density at radius 1 is 1.34 bits per heavy atom. The molecule has 1 aliphatic rings. The number of H-pyrrole nitrogens is 1. The van der Waals surface area contributed by atoms with E-state index >= 15 is 0 Å². The van der Waals surface area contributed by atoms with Gasteiger partial charge in [0.15, 0.2) is 0 Å². The molecule has 9 nitrogen and oxygen atoms in total. The highest BCUT2D eigenvalue weighted by atomic mass is 16.5. The van der Waals surface area contributed by atoms with Crippen molar-refractivity contribution in [2.75, 3.05) is 7.11 Å². The van der Waals surface area contributed by atoms with Gasteiger partial charge in [0.2, 0.25) is 11.8 Å². The molecule has 3 heterocycles. The van der Waals surface area contributed by atoms with Gasteiger partial charge in [0.25, 0.3) is 5.89 Å². The first-order valence-electron chi connectivity index (χ1n) is 9.07. The zero-order valence-electron chi connectivity index (χ0n) is 15.9. The van der Waals surface area contributed by atoms with Gasteiger partial charge in [0, 0.05) is 0 Å². The fourth-order valence-corrected chi connectivity index (χ4v) is 3.28. The van der Waals surface area contributed by atoms with Crippen LogP contribution in [0.2, 0.25) is 0 Å². The number of fused-ring (bicyclic) bond motifs is 1. The van der Waals surface area contributed by atoms with Crippen molar-refractivity contribution in [2.45, 2.75) is 25.9 Å². The van der Waals surface area contributed by atoms with Gasteiger partial charge in [-0.3, -0.25) is 4.79 Å². The second-order valence-corrected chi connectivity index (χ2v) is 6.62. The van der Waals surface area contributed by atoms with Crippen molar-refractivity contribution in [1.82, 2.24) is 20.5 Å². The number of carbonyl (C=O) groups is 1. The molecule has 2 aromatic heterocycles. The Morgan fingerprint density at radius 3 is 2.83 bits per heavy atom. The SMILES string of the molecule is COC1=NCc2cc(CC(=O)N[C@H](C)c3ccccc3)nc(-c3n[nH]c(=O)o3)c21. The van der Waals surface area contributed by atoms with Crippen molar-refractivity contribution in [3.05, 3.63) is 69.3 Å². The van der Waals surface area contributed by atoms with Gasteiger partial charge in [0.05, 0.1) is 37.4 Å². The summed E-state index contributed by atoms with van der Waals surface area (Å²) in [5.41, 5.74) is 3.30. The number of rotatable bonds is 5. The molecule has 1 aliphatic heterocycles. The summed E-state index contributed by atoms with van der Waals surface area (Å²) in [5.74, 6) is -0.446. The minimum absolute atomic E-state index is 0.0258. The Kier molecular flexibility index (Phi) is 4.94.